The van der Waals surface area contributed by atoms with Gasteiger partial charge in [-0.25, -0.2) is 0 Å². The average Bonchev–Trinajstić information content (AvgIpc) is 2.28. The van der Waals surface area contributed by atoms with E-state index in [9.17, 15) is 0 Å². The van der Waals surface area contributed by atoms with Crippen LogP contribution in [0.3, 0.4) is 0 Å². The summed E-state index contributed by atoms with van der Waals surface area (Å²) in [5.41, 5.74) is 14.5. The lowest BCUT2D eigenvalue weighted by Gasteiger charge is -2.30. The molecular formula is C13H18ClN3. The van der Waals surface area contributed by atoms with Crippen LogP contribution in [-0.2, 0) is 0 Å². The van der Waals surface area contributed by atoms with E-state index in [1.54, 1.807) is 6.07 Å². The van der Waals surface area contributed by atoms with Crippen molar-refractivity contribution in [1.29, 1.82) is 5.41 Å². The first-order valence-electron chi connectivity index (χ1n) is 5.98. The molecule has 1 aromatic carbocycles. The number of benzene rings is 1. The second-order valence-corrected chi connectivity index (χ2v) is 5.13. The van der Waals surface area contributed by atoms with E-state index in [0.717, 1.165) is 24.0 Å². The van der Waals surface area contributed by atoms with Crippen molar-refractivity contribution in [2.24, 2.45) is 5.73 Å². The highest BCUT2D eigenvalue weighted by Gasteiger charge is 2.26. The zero-order valence-electron chi connectivity index (χ0n) is 9.75. The Morgan fingerprint density at radius 3 is 2.65 bits per heavy atom. The monoisotopic (exact) mass is 251 g/mol. The van der Waals surface area contributed by atoms with E-state index in [1.807, 2.05) is 6.07 Å². The molecular weight excluding hydrogens is 234 g/mol. The molecule has 0 saturated heterocycles. The van der Waals surface area contributed by atoms with Gasteiger partial charge in [-0.3, -0.25) is 0 Å². The van der Waals surface area contributed by atoms with Crippen molar-refractivity contribution >= 4 is 23.5 Å². The zero-order valence-corrected chi connectivity index (χ0v) is 10.5. The predicted octanol–water partition coefficient (Wildman–Crippen LogP) is 2.90. The average molecular weight is 252 g/mol. The van der Waals surface area contributed by atoms with E-state index in [2.05, 4.69) is 0 Å². The number of anilines is 1. The van der Waals surface area contributed by atoms with Crippen LogP contribution in [0.15, 0.2) is 12.1 Å². The molecule has 3 nitrogen and oxygen atoms in total. The molecule has 1 aromatic rings. The predicted molar refractivity (Wildman–Crippen MR) is 72.9 cm³/mol. The molecule has 0 bridgehead atoms. The van der Waals surface area contributed by atoms with Gasteiger partial charge in [-0.05, 0) is 36.5 Å². The highest BCUT2D eigenvalue weighted by molar-refractivity contribution is 6.31. The van der Waals surface area contributed by atoms with Gasteiger partial charge in [0.1, 0.15) is 0 Å². The normalized spacial score (nSPS) is 24.6. The number of hydrogen-bond donors (Lipinski definition) is 3. The minimum Gasteiger partial charge on any atom is -0.398 e. The molecule has 0 radical (unpaired) electrons. The largest absolute Gasteiger partial charge is 0.398 e. The van der Waals surface area contributed by atoms with Gasteiger partial charge in [0.05, 0.1) is 0 Å². The van der Waals surface area contributed by atoms with Gasteiger partial charge in [0, 0.05) is 28.5 Å². The smallest absolute Gasteiger partial charge is 0.0429 e. The van der Waals surface area contributed by atoms with Crippen molar-refractivity contribution in [3.05, 3.63) is 28.3 Å². The van der Waals surface area contributed by atoms with Gasteiger partial charge in [0.15, 0.2) is 0 Å². The van der Waals surface area contributed by atoms with Crippen LogP contribution in [-0.4, -0.2) is 12.3 Å². The summed E-state index contributed by atoms with van der Waals surface area (Å²) in [4.78, 5) is 0. The highest BCUT2D eigenvalue weighted by atomic mass is 35.5. The minimum absolute atomic E-state index is 0.153. The van der Waals surface area contributed by atoms with Gasteiger partial charge >= 0.3 is 0 Å². The number of hydrogen-bond acceptors (Lipinski definition) is 3. The third kappa shape index (κ3) is 2.45. The first-order valence-corrected chi connectivity index (χ1v) is 6.36. The second kappa shape index (κ2) is 5.07. The van der Waals surface area contributed by atoms with Crippen molar-refractivity contribution in [2.45, 2.75) is 37.6 Å². The molecule has 2 rings (SSSR count). The second-order valence-electron chi connectivity index (χ2n) is 4.70. The first kappa shape index (κ1) is 12.4. The van der Waals surface area contributed by atoms with Gasteiger partial charge in [0.25, 0.3) is 0 Å². The molecule has 0 heterocycles. The first-order chi connectivity index (χ1) is 8.13. The van der Waals surface area contributed by atoms with Crippen LogP contribution >= 0.6 is 11.6 Å². The lowest BCUT2D eigenvalue weighted by atomic mass is 9.78. The topological polar surface area (TPSA) is 75.9 Å². The lowest BCUT2D eigenvalue weighted by Crippen LogP contribution is -2.32. The molecule has 0 aliphatic heterocycles. The Hall–Kier alpha value is -1.06. The quantitative estimate of drug-likeness (QED) is 0.558. The third-order valence-electron chi connectivity index (χ3n) is 3.57. The van der Waals surface area contributed by atoms with E-state index >= 15 is 0 Å². The van der Waals surface area contributed by atoms with Crippen molar-refractivity contribution in [1.82, 2.24) is 0 Å². The minimum atomic E-state index is 0.153. The van der Waals surface area contributed by atoms with Crippen molar-refractivity contribution in [2.75, 3.05) is 5.73 Å². The standard InChI is InChI=1S/C13H18ClN3/c14-8-5-10(11(7-15)13(17)6-8)9-3-1-2-4-12(9)16/h5-7,9,12,15H,1-4,16-17H2/t9-,12-/m1/s1. The van der Waals surface area contributed by atoms with E-state index < -0.39 is 0 Å². The Labute approximate surface area is 107 Å². The highest BCUT2D eigenvalue weighted by Crippen LogP contribution is 2.36. The fraction of sp³-hybridized carbons (Fsp3) is 0.462. The summed E-state index contributed by atoms with van der Waals surface area (Å²) in [6.45, 7) is 0. The Morgan fingerprint density at radius 1 is 1.29 bits per heavy atom. The van der Waals surface area contributed by atoms with Crippen molar-refractivity contribution in [3.8, 4) is 0 Å². The summed E-state index contributed by atoms with van der Waals surface area (Å²) in [6, 6.07) is 3.76. The molecule has 1 fully saturated rings. The summed E-state index contributed by atoms with van der Waals surface area (Å²) in [5.74, 6) is 0.279. The van der Waals surface area contributed by atoms with Crippen molar-refractivity contribution < 1.29 is 0 Å². The molecule has 5 N–H and O–H groups in total. The molecule has 0 unspecified atom stereocenters. The number of halogens is 1. The molecule has 17 heavy (non-hydrogen) atoms. The molecule has 92 valence electrons. The molecule has 1 aliphatic rings. The fourth-order valence-electron chi connectivity index (χ4n) is 2.68. The van der Waals surface area contributed by atoms with E-state index in [-0.39, 0.29) is 12.0 Å². The third-order valence-corrected chi connectivity index (χ3v) is 3.79. The molecule has 0 spiro atoms. The summed E-state index contributed by atoms with van der Waals surface area (Å²) in [7, 11) is 0. The van der Waals surface area contributed by atoms with E-state index in [0.29, 0.717) is 10.7 Å². The Kier molecular flexibility index (Phi) is 3.69. The number of rotatable bonds is 2. The lowest BCUT2D eigenvalue weighted by molar-refractivity contribution is 0.385. The maximum Gasteiger partial charge on any atom is 0.0429 e. The SMILES string of the molecule is N=Cc1c(N)cc(Cl)cc1[C@H]1CCCC[C@H]1N. The molecule has 0 aromatic heterocycles. The summed E-state index contributed by atoms with van der Waals surface area (Å²) < 4.78 is 0. The molecule has 0 amide bonds. The van der Waals surface area contributed by atoms with Crippen LogP contribution < -0.4 is 11.5 Å². The van der Waals surface area contributed by atoms with Crippen LogP contribution in [0, 0.1) is 5.41 Å². The summed E-state index contributed by atoms with van der Waals surface area (Å²) in [6.07, 6.45) is 5.77. The number of nitrogens with two attached hydrogens (primary N) is 2. The van der Waals surface area contributed by atoms with Crippen LogP contribution in [0.2, 0.25) is 5.02 Å². The van der Waals surface area contributed by atoms with Gasteiger partial charge in [-0.1, -0.05) is 24.4 Å². The van der Waals surface area contributed by atoms with E-state index in [1.165, 1.54) is 19.1 Å². The Morgan fingerprint density at radius 2 is 2.00 bits per heavy atom. The molecule has 2 atom stereocenters. The van der Waals surface area contributed by atoms with Gasteiger partial charge in [0.2, 0.25) is 0 Å². The maximum absolute atomic E-state index is 7.49. The fourth-order valence-corrected chi connectivity index (χ4v) is 2.92. The van der Waals surface area contributed by atoms with Gasteiger partial charge < -0.3 is 16.9 Å². The molecule has 4 heteroatoms. The Bertz CT molecular complexity index is 431. The Balaban J connectivity index is 2.45. The van der Waals surface area contributed by atoms with Crippen LogP contribution in [0.5, 0.6) is 0 Å². The van der Waals surface area contributed by atoms with Crippen molar-refractivity contribution in [3.63, 3.8) is 0 Å². The number of nitrogens with one attached hydrogen (secondary N) is 1. The van der Waals surface area contributed by atoms with Crippen LogP contribution in [0.1, 0.15) is 42.7 Å². The van der Waals surface area contributed by atoms with Crippen LogP contribution in [0.4, 0.5) is 5.69 Å². The maximum atomic E-state index is 7.49. The molecule has 1 aliphatic carbocycles. The van der Waals surface area contributed by atoms with Crippen LogP contribution in [0.25, 0.3) is 0 Å². The van der Waals surface area contributed by atoms with Gasteiger partial charge in [-0.15, -0.1) is 0 Å². The number of nitrogen functional groups attached to an aromatic ring is 1. The molecule has 1 saturated carbocycles. The summed E-state index contributed by atoms with van der Waals surface area (Å²) in [5, 5.41) is 8.12. The summed E-state index contributed by atoms with van der Waals surface area (Å²) >= 11 is 6.05. The van der Waals surface area contributed by atoms with E-state index in [4.69, 9.17) is 28.5 Å². The van der Waals surface area contributed by atoms with Gasteiger partial charge in [-0.2, -0.15) is 0 Å². The zero-order chi connectivity index (χ0) is 12.4.